The summed E-state index contributed by atoms with van der Waals surface area (Å²) in [5.74, 6) is 0. The van der Waals surface area contributed by atoms with Gasteiger partial charge in [-0.15, -0.1) is 0 Å². The smallest absolute Gasteiger partial charge is 0.000178 e. The van der Waals surface area contributed by atoms with E-state index >= 15 is 0 Å². The second-order valence-electron chi connectivity index (χ2n) is 3.70. The fraction of sp³-hybridized carbons (Fsp3) is 0.667. The van der Waals surface area contributed by atoms with Crippen LogP contribution in [0.4, 0.5) is 0 Å². The minimum absolute atomic E-state index is 1.20. The van der Waals surface area contributed by atoms with Gasteiger partial charge in [0.25, 0.3) is 0 Å². The van der Waals surface area contributed by atoms with Gasteiger partial charge in [0.1, 0.15) is 0 Å². The zero-order valence-electron chi connectivity index (χ0n) is 9.07. The summed E-state index contributed by atoms with van der Waals surface area (Å²) in [6.07, 6.45) is 9.71. The molecule has 0 unspecified atom stereocenters. The van der Waals surface area contributed by atoms with Gasteiger partial charge in [-0.3, -0.25) is 0 Å². The van der Waals surface area contributed by atoms with Crippen LogP contribution in [0.5, 0.6) is 0 Å². The summed E-state index contributed by atoms with van der Waals surface area (Å²) >= 11 is 2.43. The van der Waals surface area contributed by atoms with E-state index in [0.29, 0.717) is 0 Å². The molecule has 0 N–H and O–H groups in total. The van der Waals surface area contributed by atoms with Crippen LogP contribution in [0.1, 0.15) is 46.5 Å². The normalized spacial score (nSPS) is 11.5. The van der Waals surface area contributed by atoms with Gasteiger partial charge < -0.3 is 0 Å². The van der Waals surface area contributed by atoms with E-state index < -0.39 is 0 Å². The molecule has 0 aromatic carbocycles. The van der Waals surface area contributed by atoms with Crippen LogP contribution in [0.2, 0.25) is 0 Å². The third-order valence-corrected chi connectivity index (χ3v) is 2.68. The molecular formula is C12H21I. The molecule has 1 heteroatoms. The van der Waals surface area contributed by atoms with Crippen LogP contribution in [0, 0.1) is 0 Å². The minimum Gasteiger partial charge on any atom is -0.0864 e. The largest absolute Gasteiger partial charge is 0.0864 e. The van der Waals surface area contributed by atoms with Crippen LogP contribution < -0.4 is 0 Å². The van der Waals surface area contributed by atoms with Gasteiger partial charge in [-0.1, -0.05) is 45.9 Å². The van der Waals surface area contributed by atoms with Crippen molar-refractivity contribution >= 4 is 22.6 Å². The molecule has 0 aliphatic heterocycles. The van der Waals surface area contributed by atoms with Crippen molar-refractivity contribution in [1.82, 2.24) is 0 Å². The van der Waals surface area contributed by atoms with Crippen LogP contribution in [0.3, 0.4) is 0 Å². The maximum atomic E-state index is 2.43. The molecule has 0 aliphatic rings. The second kappa shape index (κ2) is 8.79. The third kappa shape index (κ3) is 10.1. The molecule has 0 amide bonds. The lowest BCUT2D eigenvalue weighted by Gasteiger charge is -1.98. The predicted molar refractivity (Wildman–Crippen MR) is 70.5 cm³/mol. The van der Waals surface area contributed by atoms with Gasteiger partial charge in [0.2, 0.25) is 0 Å². The van der Waals surface area contributed by atoms with Crippen LogP contribution in [-0.4, -0.2) is 4.43 Å². The molecule has 0 rings (SSSR count). The first-order chi connectivity index (χ1) is 6.16. The van der Waals surface area contributed by atoms with E-state index in [0.717, 1.165) is 0 Å². The molecule has 0 heterocycles. The average molecular weight is 292 g/mol. The Bertz CT molecular complexity index is 174. The number of unbranched alkanes of at least 4 members (excludes halogenated alkanes) is 1. The summed E-state index contributed by atoms with van der Waals surface area (Å²) in [6, 6.07) is 0. The first-order valence-corrected chi connectivity index (χ1v) is 6.54. The molecule has 0 aromatic heterocycles. The second-order valence-corrected chi connectivity index (χ2v) is 4.78. The first kappa shape index (κ1) is 13.2. The molecule has 0 bridgehead atoms. The van der Waals surface area contributed by atoms with Gasteiger partial charge >= 0.3 is 0 Å². The Morgan fingerprint density at radius 1 is 1.08 bits per heavy atom. The summed E-state index contributed by atoms with van der Waals surface area (Å²) in [6.45, 7) is 6.57. The van der Waals surface area contributed by atoms with E-state index in [1.54, 1.807) is 5.57 Å². The fourth-order valence-corrected chi connectivity index (χ4v) is 1.56. The Morgan fingerprint density at radius 2 is 1.77 bits per heavy atom. The lowest BCUT2D eigenvalue weighted by molar-refractivity contribution is 0.920. The highest BCUT2D eigenvalue weighted by molar-refractivity contribution is 14.1. The Balaban J connectivity index is 3.55. The van der Waals surface area contributed by atoms with Gasteiger partial charge in [-0.05, 0) is 50.9 Å². The summed E-state index contributed by atoms with van der Waals surface area (Å²) in [4.78, 5) is 0. The summed E-state index contributed by atoms with van der Waals surface area (Å²) < 4.78 is 1.27. The van der Waals surface area contributed by atoms with Crippen molar-refractivity contribution in [1.29, 1.82) is 0 Å². The highest BCUT2D eigenvalue weighted by atomic mass is 127. The topological polar surface area (TPSA) is 0 Å². The molecule has 0 saturated heterocycles. The number of alkyl halides is 1. The van der Waals surface area contributed by atoms with Gasteiger partial charge in [0, 0.05) is 0 Å². The van der Waals surface area contributed by atoms with Crippen LogP contribution in [-0.2, 0) is 0 Å². The van der Waals surface area contributed by atoms with E-state index in [2.05, 4.69) is 55.5 Å². The number of halogens is 1. The Morgan fingerprint density at radius 3 is 2.31 bits per heavy atom. The standard InChI is InChI=1S/C12H21I/c1-11(2)7-6-9-12(3)8-4-5-10-13/h7-8H,4-6,9-10H2,1-3H3/b12-8+. The number of hydrogen-bond acceptors (Lipinski definition) is 0. The lowest BCUT2D eigenvalue weighted by atomic mass is 10.1. The molecule has 0 aromatic rings. The van der Waals surface area contributed by atoms with Gasteiger partial charge in [0.15, 0.2) is 0 Å². The molecule has 0 spiro atoms. The van der Waals surface area contributed by atoms with Crippen molar-refractivity contribution < 1.29 is 0 Å². The Kier molecular flexibility index (Phi) is 8.93. The summed E-state index contributed by atoms with van der Waals surface area (Å²) in [5.41, 5.74) is 2.97. The summed E-state index contributed by atoms with van der Waals surface area (Å²) in [7, 11) is 0. The third-order valence-electron chi connectivity index (χ3n) is 1.92. The summed E-state index contributed by atoms with van der Waals surface area (Å²) in [5, 5.41) is 0. The molecule has 0 atom stereocenters. The number of hydrogen-bond donors (Lipinski definition) is 0. The fourth-order valence-electron chi connectivity index (χ4n) is 1.12. The van der Waals surface area contributed by atoms with Crippen molar-refractivity contribution in [3.05, 3.63) is 23.3 Å². The molecule has 0 radical (unpaired) electrons. The monoisotopic (exact) mass is 292 g/mol. The van der Waals surface area contributed by atoms with Crippen LogP contribution in [0.15, 0.2) is 23.3 Å². The lowest BCUT2D eigenvalue weighted by Crippen LogP contribution is -1.79. The SMILES string of the molecule is CC(C)=CCC/C(C)=C/CCCI. The first-order valence-electron chi connectivity index (χ1n) is 5.01. The molecule has 0 saturated carbocycles. The molecule has 76 valence electrons. The molecule has 0 aliphatic carbocycles. The predicted octanol–water partition coefficient (Wildman–Crippen LogP) is 4.89. The van der Waals surface area contributed by atoms with E-state index in [1.807, 2.05) is 0 Å². The Labute approximate surface area is 96.6 Å². The van der Waals surface area contributed by atoms with Gasteiger partial charge in [-0.25, -0.2) is 0 Å². The van der Waals surface area contributed by atoms with Crippen molar-refractivity contribution in [2.75, 3.05) is 4.43 Å². The molecule has 0 fully saturated rings. The maximum Gasteiger partial charge on any atom is -0.000178 e. The van der Waals surface area contributed by atoms with Crippen LogP contribution in [0.25, 0.3) is 0 Å². The molecular weight excluding hydrogens is 271 g/mol. The van der Waals surface area contributed by atoms with Crippen molar-refractivity contribution in [3.8, 4) is 0 Å². The average Bonchev–Trinajstić information content (AvgIpc) is 2.04. The zero-order valence-corrected chi connectivity index (χ0v) is 11.2. The van der Waals surface area contributed by atoms with E-state index in [-0.39, 0.29) is 0 Å². The van der Waals surface area contributed by atoms with Crippen LogP contribution >= 0.6 is 22.6 Å². The van der Waals surface area contributed by atoms with E-state index in [1.165, 1.54) is 35.7 Å². The Hall–Kier alpha value is 0.210. The number of allylic oxidation sites excluding steroid dienone is 4. The highest BCUT2D eigenvalue weighted by Gasteiger charge is 1.88. The van der Waals surface area contributed by atoms with Gasteiger partial charge in [0.05, 0.1) is 0 Å². The maximum absolute atomic E-state index is 2.43. The van der Waals surface area contributed by atoms with E-state index in [4.69, 9.17) is 0 Å². The number of rotatable bonds is 6. The highest BCUT2D eigenvalue weighted by Crippen LogP contribution is 2.08. The van der Waals surface area contributed by atoms with Crippen molar-refractivity contribution in [2.45, 2.75) is 46.5 Å². The van der Waals surface area contributed by atoms with Crippen molar-refractivity contribution in [2.24, 2.45) is 0 Å². The van der Waals surface area contributed by atoms with E-state index in [9.17, 15) is 0 Å². The van der Waals surface area contributed by atoms with Gasteiger partial charge in [-0.2, -0.15) is 0 Å². The zero-order chi connectivity index (χ0) is 10.1. The quantitative estimate of drug-likeness (QED) is 0.283. The minimum atomic E-state index is 1.20. The molecule has 0 nitrogen and oxygen atoms in total. The van der Waals surface area contributed by atoms with Crippen molar-refractivity contribution in [3.63, 3.8) is 0 Å². The molecule has 13 heavy (non-hydrogen) atoms.